The molecule has 108 valence electrons. The molecule has 0 amide bonds. The molecular weight excluding hydrogens is 236 g/mol. The van der Waals surface area contributed by atoms with Gasteiger partial charge in [-0.25, -0.2) is 0 Å². The highest BCUT2D eigenvalue weighted by Crippen LogP contribution is 2.62. The molecular formula is C16H29N2O+. The van der Waals surface area contributed by atoms with Gasteiger partial charge in [-0.05, 0) is 31.7 Å². The molecule has 0 spiro atoms. The van der Waals surface area contributed by atoms with E-state index in [0.717, 1.165) is 30.4 Å². The second-order valence-corrected chi connectivity index (χ2v) is 8.11. The summed E-state index contributed by atoms with van der Waals surface area (Å²) in [4.78, 5) is 12.8. The average molecular weight is 265 g/mol. The van der Waals surface area contributed by atoms with Crippen LogP contribution in [0.4, 0.5) is 0 Å². The van der Waals surface area contributed by atoms with Crippen molar-refractivity contribution >= 4 is 5.78 Å². The molecule has 0 aromatic carbocycles. The first-order valence-corrected chi connectivity index (χ1v) is 7.91. The lowest BCUT2D eigenvalue weighted by atomic mass is 9.73. The van der Waals surface area contributed by atoms with E-state index >= 15 is 0 Å². The Morgan fingerprint density at radius 1 is 1.32 bits per heavy atom. The van der Waals surface area contributed by atoms with E-state index in [0.29, 0.717) is 17.7 Å². The number of carbonyl (C=O) groups is 1. The van der Waals surface area contributed by atoms with Crippen molar-refractivity contribution in [3.8, 4) is 0 Å². The predicted octanol–water partition coefficient (Wildman–Crippen LogP) is 1.96. The zero-order valence-corrected chi connectivity index (χ0v) is 13.0. The number of quaternary nitrogens is 1. The molecule has 1 heterocycles. The maximum atomic E-state index is 12.8. The fourth-order valence-corrected chi connectivity index (χ4v) is 5.69. The summed E-state index contributed by atoms with van der Waals surface area (Å²) in [6.07, 6.45) is 5.74. The van der Waals surface area contributed by atoms with Crippen LogP contribution >= 0.6 is 0 Å². The molecule has 3 aliphatic rings. The van der Waals surface area contributed by atoms with Crippen molar-refractivity contribution < 1.29 is 9.28 Å². The van der Waals surface area contributed by atoms with Crippen LogP contribution < -0.4 is 5.32 Å². The molecule has 3 fully saturated rings. The topological polar surface area (TPSA) is 29.1 Å². The highest BCUT2D eigenvalue weighted by molar-refractivity contribution is 5.92. The first kappa shape index (κ1) is 13.6. The van der Waals surface area contributed by atoms with Gasteiger partial charge in [-0.3, -0.25) is 4.79 Å². The normalized spacial score (nSPS) is 41.2. The third kappa shape index (κ3) is 1.61. The van der Waals surface area contributed by atoms with Gasteiger partial charge in [0.15, 0.2) is 11.3 Å². The largest absolute Gasteiger partial charge is 0.316 e. The van der Waals surface area contributed by atoms with Crippen LogP contribution in [0.25, 0.3) is 0 Å². The second kappa shape index (κ2) is 4.05. The van der Waals surface area contributed by atoms with Crippen LogP contribution in [-0.4, -0.2) is 49.0 Å². The standard InChI is InChI=1S/C16H29N2O/c1-15(2)12-7-8-16(15,14(19)10-12)18(3,4)11-13-6-5-9-17-13/h12-13,17H,5-11H2,1-4H3/q+1/t12-,13+,16-/m1/s1. The fraction of sp³-hybridized carbons (Fsp3) is 0.938. The number of likely N-dealkylation sites (N-methyl/N-ethyl adjacent to an activating group) is 1. The minimum Gasteiger partial charge on any atom is -0.316 e. The number of carbonyl (C=O) groups excluding carboxylic acids is 1. The van der Waals surface area contributed by atoms with Crippen molar-refractivity contribution in [2.45, 2.75) is 57.5 Å². The Labute approximate surface area is 117 Å². The molecule has 2 aliphatic carbocycles. The Kier molecular flexibility index (Phi) is 2.89. The quantitative estimate of drug-likeness (QED) is 0.790. The smallest absolute Gasteiger partial charge is 0.193 e. The molecule has 0 aromatic rings. The van der Waals surface area contributed by atoms with Gasteiger partial charge in [0.1, 0.15) is 0 Å². The molecule has 19 heavy (non-hydrogen) atoms. The van der Waals surface area contributed by atoms with Crippen molar-refractivity contribution in [3.05, 3.63) is 0 Å². The van der Waals surface area contributed by atoms with Gasteiger partial charge in [0.25, 0.3) is 0 Å². The minimum absolute atomic E-state index is 0.123. The zero-order chi connectivity index (χ0) is 13.9. The van der Waals surface area contributed by atoms with Gasteiger partial charge in [0.05, 0.1) is 26.7 Å². The number of hydrogen-bond acceptors (Lipinski definition) is 2. The summed E-state index contributed by atoms with van der Waals surface area (Å²) in [5, 5.41) is 3.61. The van der Waals surface area contributed by atoms with E-state index < -0.39 is 0 Å². The number of nitrogens with zero attached hydrogens (tertiary/aromatic N) is 1. The number of fused-ring (bicyclic) bond motifs is 2. The van der Waals surface area contributed by atoms with Gasteiger partial charge < -0.3 is 9.80 Å². The SMILES string of the molecule is CC1(C)[C@@H]2CC[C@@]1([N+](C)(C)C[C@@H]1CCCN1)C(=O)C2. The monoisotopic (exact) mass is 265 g/mol. The summed E-state index contributed by atoms with van der Waals surface area (Å²) >= 11 is 0. The number of rotatable bonds is 3. The predicted molar refractivity (Wildman–Crippen MR) is 76.9 cm³/mol. The minimum atomic E-state index is -0.123. The number of nitrogens with one attached hydrogen (secondary N) is 1. The van der Waals surface area contributed by atoms with Crippen molar-refractivity contribution in [3.63, 3.8) is 0 Å². The molecule has 0 radical (unpaired) electrons. The molecule has 2 saturated carbocycles. The van der Waals surface area contributed by atoms with Crippen LogP contribution in [0.15, 0.2) is 0 Å². The van der Waals surface area contributed by atoms with Crippen molar-refractivity contribution in [2.24, 2.45) is 11.3 Å². The van der Waals surface area contributed by atoms with Crippen LogP contribution in [0.3, 0.4) is 0 Å². The molecule has 0 aromatic heterocycles. The lowest BCUT2D eigenvalue weighted by Crippen LogP contribution is -2.68. The van der Waals surface area contributed by atoms with E-state index in [2.05, 4.69) is 33.3 Å². The van der Waals surface area contributed by atoms with E-state index in [4.69, 9.17) is 0 Å². The van der Waals surface area contributed by atoms with Gasteiger partial charge in [0.2, 0.25) is 0 Å². The van der Waals surface area contributed by atoms with E-state index in [9.17, 15) is 4.79 Å². The molecule has 1 N–H and O–H groups in total. The van der Waals surface area contributed by atoms with E-state index in [-0.39, 0.29) is 11.0 Å². The van der Waals surface area contributed by atoms with E-state index in [1.165, 1.54) is 19.3 Å². The summed E-state index contributed by atoms with van der Waals surface area (Å²) in [6.45, 7) is 6.94. The fourth-order valence-electron chi connectivity index (χ4n) is 5.69. The van der Waals surface area contributed by atoms with Crippen molar-refractivity contribution in [1.82, 2.24) is 5.32 Å². The summed E-state index contributed by atoms with van der Waals surface area (Å²) < 4.78 is 0.882. The lowest BCUT2D eigenvalue weighted by molar-refractivity contribution is -0.938. The Bertz CT molecular complexity index is 396. The van der Waals surface area contributed by atoms with E-state index in [1.54, 1.807) is 0 Å². The van der Waals surface area contributed by atoms with E-state index in [1.807, 2.05) is 0 Å². The van der Waals surface area contributed by atoms with Gasteiger partial charge in [-0.15, -0.1) is 0 Å². The van der Waals surface area contributed by atoms with Gasteiger partial charge in [0, 0.05) is 18.3 Å². The Hall–Kier alpha value is -0.410. The molecule has 1 saturated heterocycles. The maximum absolute atomic E-state index is 12.8. The average Bonchev–Trinajstić information content (AvgIpc) is 2.92. The summed E-state index contributed by atoms with van der Waals surface area (Å²) in [5.41, 5.74) is 0.0497. The Balaban J connectivity index is 1.91. The molecule has 3 heteroatoms. The molecule has 3 rings (SSSR count). The zero-order valence-electron chi connectivity index (χ0n) is 13.0. The molecule has 3 atom stereocenters. The Morgan fingerprint density at radius 2 is 2.05 bits per heavy atom. The Morgan fingerprint density at radius 3 is 2.53 bits per heavy atom. The van der Waals surface area contributed by atoms with Crippen molar-refractivity contribution in [1.29, 1.82) is 0 Å². The summed E-state index contributed by atoms with van der Waals surface area (Å²) in [6, 6.07) is 0.604. The number of Topliss-reactive ketones (excluding diaryl/α,β-unsaturated/α-hetero) is 1. The molecule has 0 unspecified atom stereocenters. The second-order valence-electron chi connectivity index (χ2n) is 8.11. The third-order valence-electron chi connectivity index (χ3n) is 6.71. The van der Waals surface area contributed by atoms with Crippen LogP contribution in [0.1, 0.15) is 46.0 Å². The highest BCUT2D eigenvalue weighted by Gasteiger charge is 2.72. The molecule has 2 bridgehead atoms. The molecule has 1 aliphatic heterocycles. The van der Waals surface area contributed by atoms with Crippen molar-refractivity contribution in [2.75, 3.05) is 27.2 Å². The van der Waals surface area contributed by atoms with Crippen LogP contribution in [0.5, 0.6) is 0 Å². The maximum Gasteiger partial charge on any atom is 0.193 e. The lowest BCUT2D eigenvalue weighted by Gasteiger charge is -2.51. The number of ketones is 1. The molecule has 3 nitrogen and oxygen atoms in total. The summed E-state index contributed by atoms with van der Waals surface area (Å²) in [5.74, 6) is 1.16. The summed E-state index contributed by atoms with van der Waals surface area (Å²) in [7, 11) is 4.60. The highest BCUT2D eigenvalue weighted by atomic mass is 16.1. The van der Waals surface area contributed by atoms with Gasteiger partial charge in [-0.2, -0.15) is 0 Å². The van der Waals surface area contributed by atoms with Crippen LogP contribution in [0, 0.1) is 11.3 Å². The number of hydrogen-bond donors (Lipinski definition) is 1. The first-order chi connectivity index (χ1) is 8.81. The van der Waals surface area contributed by atoms with Gasteiger partial charge >= 0.3 is 0 Å². The van der Waals surface area contributed by atoms with Crippen LogP contribution in [-0.2, 0) is 4.79 Å². The van der Waals surface area contributed by atoms with Crippen LogP contribution in [0.2, 0.25) is 0 Å². The van der Waals surface area contributed by atoms with Gasteiger partial charge in [-0.1, -0.05) is 13.8 Å². The first-order valence-electron chi connectivity index (χ1n) is 7.91. The third-order valence-corrected chi connectivity index (χ3v) is 6.71.